The normalized spacial score (nSPS) is 12.5. The van der Waals surface area contributed by atoms with Gasteiger partial charge in [0, 0.05) is 19.0 Å². The number of nitrogens with one attached hydrogen (secondary N) is 1. The van der Waals surface area contributed by atoms with E-state index in [0.717, 1.165) is 25.1 Å². The van der Waals surface area contributed by atoms with Crippen LogP contribution in [0.1, 0.15) is 33.0 Å². The van der Waals surface area contributed by atoms with Crippen LogP contribution in [-0.4, -0.2) is 12.6 Å². The second kappa shape index (κ2) is 6.46. The van der Waals surface area contributed by atoms with Crippen molar-refractivity contribution in [3.63, 3.8) is 0 Å². The van der Waals surface area contributed by atoms with Gasteiger partial charge in [0.1, 0.15) is 5.76 Å². The maximum atomic E-state index is 5.29. The highest BCUT2D eigenvalue weighted by Crippen LogP contribution is 2.05. The third kappa shape index (κ3) is 5.43. The van der Waals surface area contributed by atoms with Gasteiger partial charge in [-0.2, -0.15) is 0 Å². The average molecular weight is 207 g/mol. The van der Waals surface area contributed by atoms with E-state index >= 15 is 0 Å². The lowest BCUT2D eigenvalue weighted by Crippen LogP contribution is -2.26. The molecule has 0 aliphatic carbocycles. The van der Waals surface area contributed by atoms with Gasteiger partial charge in [0.2, 0.25) is 0 Å². The summed E-state index contributed by atoms with van der Waals surface area (Å²) in [4.78, 5) is 0. The molecular formula is C13H21NO. The van der Waals surface area contributed by atoms with Crippen LogP contribution >= 0.6 is 0 Å². The van der Waals surface area contributed by atoms with Crippen LogP contribution in [0.5, 0.6) is 0 Å². The van der Waals surface area contributed by atoms with Crippen molar-refractivity contribution >= 4 is 0 Å². The maximum absolute atomic E-state index is 5.29. The molecule has 0 fully saturated rings. The first-order valence-electron chi connectivity index (χ1n) is 5.57. The summed E-state index contributed by atoms with van der Waals surface area (Å²) in [5, 5.41) is 3.46. The molecule has 2 heteroatoms. The molecule has 0 aliphatic heterocycles. The molecule has 1 rings (SSSR count). The summed E-state index contributed by atoms with van der Waals surface area (Å²) in [6.07, 6.45) is 6.07. The fourth-order valence-corrected chi connectivity index (χ4v) is 1.38. The molecule has 0 bridgehead atoms. The standard InChI is InChI=1S/C13H21NO/c1-11(2)8-9-14-12(3)6-7-13-5-4-10-15-13/h4-5,8,10,12,14H,6-7,9H2,1-3H3. The zero-order chi connectivity index (χ0) is 11.1. The summed E-state index contributed by atoms with van der Waals surface area (Å²) in [5.41, 5.74) is 1.36. The summed E-state index contributed by atoms with van der Waals surface area (Å²) in [7, 11) is 0. The Morgan fingerprint density at radius 3 is 2.93 bits per heavy atom. The Balaban J connectivity index is 2.14. The van der Waals surface area contributed by atoms with Crippen molar-refractivity contribution in [2.75, 3.05) is 6.54 Å². The molecule has 0 aromatic carbocycles. The van der Waals surface area contributed by atoms with E-state index in [0.29, 0.717) is 6.04 Å². The molecule has 1 unspecified atom stereocenters. The minimum Gasteiger partial charge on any atom is -0.469 e. The van der Waals surface area contributed by atoms with Gasteiger partial charge >= 0.3 is 0 Å². The largest absolute Gasteiger partial charge is 0.469 e. The van der Waals surface area contributed by atoms with Crippen LogP contribution in [0.2, 0.25) is 0 Å². The molecule has 0 radical (unpaired) electrons. The first-order valence-corrected chi connectivity index (χ1v) is 5.57. The Hall–Kier alpha value is -1.02. The molecule has 15 heavy (non-hydrogen) atoms. The Morgan fingerprint density at radius 2 is 2.33 bits per heavy atom. The highest BCUT2D eigenvalue weighted by Gasteiger charge is 2.02. The van der Waals surface area contributed by atoms with Gasteiger partial charge in [-0.15, -0.1) is 0 Å². The van der Waals surface area contributed by atoms with E-state index in [1.165, 1.54) is 5.57 Å². The van der Waals surface area contributed by atoms with Crippen LogP contribution in [0.25, 0.3) is 0 Å². The number of rotatable bonds is 6. The predicted molar refractivity (Wildman–Crippen MR) is 63.9 cm³/mol. The van der Waals surface area contributed by atoms with Gasteiger partial charge in [-0.1, -0.05) is 11.6 Å². The first-order chi connectivity index (χ1) is 7.18. The molecule has 0 saturated carbocycles. The summed E-state index contributed by atoms with van der Waals surface area (Å²) >= 11 is 0. The lowest BCUT2D eigenvalue weighted by Gasteiger charge is -2.11. The van der Waals surface area contributed by atoms with E-state index in [1.807, 2.05) is 12.1 Å². The topological polar surface area (TPSA) is 25.2 Å². The lowest BCUT2D eigenvalue weighted by molar-refractivity contribution is 0.469. The first kappa shape index (κ1) is 12.1. The minimum atomic E-state index is 0.533. The zero-order valence-electron chi connectivity index (χ0n) is 9.92. The fourth-order valence-electron chi connectivity index (χ4n) is 1.38. The number of hydrogen-bond donors (Lipinski definition) is 1. The average Bonchev–Trinajstić information content (AvgIpc) is 2.66. The Bertz CT molecular complexity index is 283. The molecule has 84 valence electrons. The van der Waals surface area contributed by atoms with Gasteiger partial charge in [-0.25, -0.2) is 0 Å². The summed E-state index contributed by atoms with van der Waals surface area (Å²) in [5.74, 6) is 1.07. The highest BCUT2D eigenvalue weighted by atomic mass is 16.3. The van der Waals surface area contributed by atoms with Crippen LogP contribution in [-0.2, 0) is 6.42 Å². The zero-order valence-corrected chi connectivity index (χ0v) is 9.92. The molecule has 0 amide bonds. The van der Waals surface area contributed by atoms with Crippen molar-refractivity contribution in [2.45, 2.75) is 39.7 Å². The van der Waals surface area contributed by atoms with Crippen molar-refractivity contribution in [1.82, 2.24) is 5.32 Å². The van der Waals surface area contributed by atoms with Crippen molar-refractivity contribution in [2.24, 2.45) is 0 Å². The molecule has 1 heterocycles. The van der Waals surface area contributed by atoms with E-state index < -0.39 is 0 Å². The van der Waals surface area contributed by atoms with E-state index in [9.17, 15) is 0 Å². The van der Waals surface area contributed by atoms with E-state index in [1.54, 1.807) is 6.26 Å². The third-order valence-electron chi connectivity index (χ3n) is 2.38. The van der Waals surface area contributed by atoms with E-state index in [2.05, 4.69) is 32.2 Å². The molecule has 1 aromatic rings. The molecule has 1 N–H and O–H groups in total. The molecule has 1 atom stereocenters. The molecule has 0 saturated heterocycles. The van der Waals surface area contributed by atoms with Gasteiger partial charge in [-0.05, 0) is 39.3 Å². The van der Waals surface area contributed by atoms with Gasteiger partial charge in [0.15, 0.2) is 0 Å². The fraction of sp³-hybridized carbons (Fsp3) is 0.538. The second-order valence-electron chi connectivity index (χ2n) is 4.21. The summed E-state index contributed by atoms with van der Waals surface area (Å²) < 4.78 is 5.29. The Morgan fingerprint density at radius 1 is 1.53 bits per heavy atom. The van der Waals surface area contributed by atoms with Crippen molar-refractivity contribution in [1.29, 1.82) is 0 Å². The number of allylic oxidation sites excluding steroid dienone is 1. The van der Waals surface area contributed by atoms with Crippen molar-refractivity contribution in [3.05, 3.63) is 35.8 Å². The van der Waals surface area contributed by atoms with Crippen LogP contribution in [0.15, 0.2) is 34.5 Å². The number of furan rings is 1. The second-order valence-corrected chi connectivity index (χ2v) is 4.21. The number of hydrogen-bond acceptors (Lipinski definition) is 2. The molecule has 1 aromatic heterocycles. The van der Waals surface area contributed by atoms with Crippen LogP contribution in [0.3, 0.4) is 0 Å². The van der Waals surface area contributed by atoms with Gasteiger partial charge in [0.25, 0.3) is 0 Å². The molecule has 0 spiro atoms. The Kier molecular flexibility index (Phi) is 5.19. The monoisotopic (exact) mass is 207 g/mol. The lowest BCUT2D eigenvalue weighted by atomic mass is 10.1. The van der Waals surface area contributed by atoms with Crippen molar-refractivity contribution < 1.29 is 4.42 Å². The molecule has 2 nitrogen and oxygen atoms in total. The van der Waals surface area contributed by atoms with Crippen LogP contribution in [0.4, 0.5) is 0 Å². The highest BCUT2D eigenvalue weighted by molar-refractivity contribution is 4.99. The third-order valence-corrected chi connectivity index (χ3v) is 2.38. The maximum Gasteiger partial charge on any atom is 0.103 e. The molecule has 0 aliphatic rings. The minimum absolute atomic E-state index is 0.533. The summed E-state index contributed by atoms with van der Waals surface area (Å²) in [6.45, 7) is 7.41. The quantitative estimate of drug-likeness (QED) is 0.725. The van der Waals surface area contributed by atoms with E-state index in [-0.39, 0.29) is 0 Å². The van der Waals surface area contributed by atoms with Gasteiger partial charge in [0.05, 0.1) is 6.26 Å². The SMILES string of the molecule is CC(C)=CCNC(C)CCc1ccco1. The van der Waals surface area contributed by atoms with Gasteiger partial charge in [-0.3, -0.25) is 0 Å². The smallest absolute Gasteiger partial charge is 0.103 e. The van der Waals surface area contributed by atoms with E-state index in [4.69, 9.17) is 4.42 Å². The van der Waals surface area contributed by atoms with Crippen LogP contribution in [0, 0.1) is 0 Å². The number of aryl methyl sites for hydroxylation is 1. The Labute approximate surface area is 92.4 Å². The van der Waals surface area contributed by atoms with Gasteiger partial charge < -0.3 is 9.73 Å². The molecular weight excluding hydrogens is 186 g/mol. The predicted octanol–water partition coefficient (Wildman–Crippen LogP) is 3.16. The van der Waals surface area contributed by atoms with Crippen LogP contribution < -0.4 is 5.32 Å². The summed E-state index contributed by atoms with van der Waals surface area (Å²) in [6, 6.07) is 4.50. The van der Waals surface area contributed by atoms with Crippen molar-refractivity contribution in [3.8, 4) is 0 Å².